The molecule has 4 nitrogen and oxygen atoms in total. The number of hydrogen-bond acceptors (Lipinski definition) is 4. The van der Waals surface area contributed by atoms with Crippen molar-refractivity contribution < 1.29 is 0 Å². The number of aryl methyl sites for hydroxylation is 4. The third-order valence-electron chi connectivity index (χ3n) is 14.9. The largest absolute Gasteiger partial charge is 0.311 e. The molecular formula is C76H62N4. The van der Waals surface area contributed by atoms with Crippen LogP contribution < -0.4 is 19.6 Å². The molecule has 12 aromatic rings. The molecule has 0 atom stereocenters. The van der Waals surface area contributed by atoms with Gasteiger partial charge in [0.25, 0.3) is 0 Å². The highest BCUT2D eigenvalue weighted by Gasteiger charge is 2.18. The lowest BCUT2D eigenvalue weighted by molar-refractivity contribution is 1.26. The van der Waals surface area contributed by atoms with Crippen LogP contribution in [-0.2, 0) is 0 Å². The van der Waals surface area contributed by atoms with Gasteiger partial charge in [-0.1, -0.05) is 163 Å². The Kier molecular flexibility index (Phi) is 14.4. The van der Waals surface area contributed by atoms with E-state index in [0.717, 1.165) is 96.1 Å². The molecule has 0 aliphatic heterocycles. The zero-order valence-corrected chi connectivity index (χ0v) is 45.7. The highest BCUT2D eigenvalue weighted by molar-refractivity contribution is 5.85. The Morgan fingerprint density at radius 2 is 0.338 bits per heavy atom. The van der Waals surface area contributed by atoms with Crippen LogP contribution in [0, 0.1) is 27.7 Å². The van der Waals surface area contributed by atoms with Crippen LogP contribution in [0.3, 0.4) is 0 Å². The molecule has 12 rings (SSSR count). The molecule has 0 fully saturated rings. The highest BCUT2D eigenvalue weighted by atomic mass is 15.2. The zero-order valence-electron chi connectivity index (χ0n) is 45.7. The number of rotatable bonds is 15. The Morgan fingerprint density at radius 1 is 0.150 bits per heavy atom. The van der Waals surface area contributed by atoms with Crippen LogP contribution in [0.1, 0.15) is 22.3 Å². The van der Waals surface area contributed by atoms with Gasteiger partial charge in [-0.2, -0.15) is 0 Å². The van der Waals surface area contributed by atoms with Gasteiger partial charge in [0.05, 0.1) is 0 Å². The van der Waals surface area contributed by atoms with Gasteiger partial charge in [0.2, 0.25) is 0 Å². The summed E-state index contributed by atoms with van der Waals surface area (Å²) in [5, 5.41) is 0. The van der Waals surface area contributed by atoms with Crippen molar-refractivity contribution in [3.05, 3.63) is 326 Å². The van der Waals surface area contributed by atoms with E-state index in [-0.39, 0.29) is 0 Å². The molecular weight excluding hydrogens is 969 g/mol. The molecule has 0 heterocycles. The average molecular weight is 1030 g/mol. The van der Waals surface area contributed by atoms with Crippen LogP contribution in [0.5, 0.6) is 0 Å². The monoisotopic (exact) mass is 1030 g/mol. The molecule has 0 aliphatic carbocycles. The fourth-order valence-corrected chi connectivity index (χ4v) is 10.8. The molecule has 0 aliphatic rings. The summed E-state index contributed by atoms with van der Waals surface area (Å²) in [6.45, 7) is 8.57. The molecule has 0 bridgehead atoms. The lowest BCUT2D eigenvalue weighted by Crippen LogP contribution is -2.10. The van der Waals surface area contributed by atoms with Crippen LogP contribution >= 0.6 is 0 Å². The van der Waals surface area contributed by atoms with Gasteiger partial charge in [-0.15, -0.1) is 0 Å². The smallest absolute Gasteiger partial charge is 0.0464 e. The van der Waals surface area contributed by atoms with Crippen LogP contribution in [-0.4, -0.2) is 0 Å². The number of nitrogens with zero attached hydrogens (tertiary/aromatic N) is 4. The van der Waals surface area contributed by atoms with Crippen molar-refractivity contribution >= 4 is 68.2 Å². The predicted molar refractivity (Wildman–Crippen MR) is 340 cm³/mol. The van der Waals surface area contributed by atoms with Gasteiger partial charge in [0, 0.05) is 68.2 Å². The molecule has 4 heteroatoms. The van der Waals surface area contributed by atoms with Crippen molar-refractivity contribution in [2.24, 2.45) is 0 Å². The van der Waals surface area contributed by atoms with Crippen molar-refractivity contribution in [2.75, 3.05) is 19.6 Å². The first-order chi connectivity index (χ1) is 39.3. The standard InChI is InChI=1S/C76H62N4/c1-55-24-38-67(39-25-55)79(74-21-11-14-56(2)52-74)72-48-34-63(35-49-72)61-30-44-70(45-31-61)77(65-17-7-5-8-18-65)68-40-26-59(27-41-68)60-28-42-69(43-29-60)78(66-19-9-6-10-20-66)71-46-32-62(33-47-71)64-36-50-73(51-37-64)80(75-22-12-15-57(3)53-75)76-23-13-16-58(4)54-76/h5-54H,1-4H3. The molecule has 80 heavy (non-hydrogen) atoms. The van der Waals surface area contributed by atoms with Gasteiger partial charge in [-0.05, 0) is 223 Å². The molecule has 0 amide bonds. The molecule has 0 radical (unpaired) electrons. The van der Waals surface area contributed by atoms with E-state index < -0.39 is 0 Å². The fraction of sp³-hybridized carbons (Fsp3) is 0.0526. The molecule has 0 unspecified atom stereocenters. The second-order valence-electron chi connectivity index (χ2n) is 20.6. The lowest BCUT2D eigenvalue weighted by Gasteiger charge is -2.27. The van der Waals surface area contributed by atoms with Crippen LogP contribution in [0.4, 0.5) is 68.2 Å². The summed E-state index contributed by atoms with van der Waals surface area (Å²) in [6, 6.07) is 110. The highest BCUT2D eigenvalue weighted by Crippen LogP contribution is 2.42. The normalized spacial score (nSPS) is 11.0. The van der Waals surface area contributed by atoms with E-state index in [4.69, 9.17) is 0 Å². The third kappa shape index (κ3) is 11.0. The summed E-state index contributed by atoms with van der Waals surface area (Å²) in [4.78, 5) is 9.31. The van der Waals surface area contributed by atoms with Crippen molar-refractivity contribution in [1.82, 2.24) is 0 Å². The molecule has 12 aromatic carbocycles. The Hall–Kier alpha value is -10.2. The van der Waals surface area contributed by atoms with Gasteiger partial charge in [-0.25, -0.2) is 0 Å². The summed E-state index contributed by atoms with van der Waals surface area (Å²) in [7, 11) is 0. The van der Waals surface area contributed by atoms with Gasteiger partial charge >= 0.3 is 0 Å². The quantitative estimate of drug-likeness (QED) is 0.101. The van der Waals surface area contributed by atoms with Crippen LogP contribution in [0.15, 0.2) is 303 Å². The molecule has 0 saturated carbocycles. The Labute approximate surface area is 472 Å². The van der Waals surface area contributed by atoms with Crippen molar-refractivity contribution in [1.29, 1.82) is 0 Å². The van der Waals surface area contributed by atoms with Crippen molar-refractivity contribution in [2.45, 2.75) is 27.7 Å². The molecule has 0 aromatic heterocycles. The van der Waals surface area contributed by atoms with Gasteiger partial charge in [0.15, 0.2) is 0 Å². The van der Waals surface area contributed by atoms with E-state index in [9.17, 15) is 0 Å². The van der Waals surface area contributed by atoms with Crippen molar-refractivity contribution in [3.63, 3.8) is 0 Å². The minimum atomic E-state index is 1.09. The first-order valence-corrected chi connectivity index (χ1v) is 27.5. The Morgan fingerprint density at radius 3 is 0.575 bits per heavy atom. The molecule has 386 valence electrons. The lowest BCUT2D eigenvalue weighted by atomic mass is 10.0. The summed E-state index contributed by atoms with van der Waals surface area (Å²) in [5.41, 5.74) is 25.2. The third-order valence-corrected chi connectivity index (χ3v) is 14.9. The number of hydrogen-bond donors (Lipinski definition) is 0. The van der Waals surface area contributed by atoms with Crippen LogP contribution in [0.2, 0.25) is 0 Å². The Balaban J connectivity index is 0.773. The number of para-hydroxylation sites is 2. The van der Waals surface area contributed by atoms with E-state index in [0.29, 0.717) is 0 Å². The molecule has 0 saturated heterocycles. The van der Waals surface area contributed by atoms with Crippen LogP contribution in [0.25, 0.3) is 33.4 Å². The summed E-state index contributed by atoms with van der Waals surface area (Å²) >= 11 is 0. The Bertz CT molecular complexity index is 3940. The minimum absolute atomic E-state index is 1.09. The fourth-order valence-electron chi connectivity index (χ4n) is 10.8. The van der Waals surface area contributed by atoms with Gasteiger partial charge in [-0.3, -0.25) is 0 Å². The first kappa shape index (κ1) is 50.6. The van der Waals surface area contributed by atoms with Gasteiger partial charge in [0.1, 0.15) is 0 Å². The van der Waals surface area contributed by atoms with E-state index in [1.165, 1.54) is 27.8 Å². The van der Waals surface area contributed by atoms with Crippen molar-refractivity contribution in [3.8, 4) is 33.4 Å². The maximum Gasteiger partial charge on any atom is 0.0464 e. The maximum atomic E-state index is 2.33. The summed E-state index contributed by atoms with van der Waals surface area (Å²) in [6.07, 6.45) is 0. The minimum Gasteiger partial charge on any atom is -0.311 e. The number of anilines is 12. The molecule has 0 spiro atoms. The maximum absolute atomic E-state index is 2.33. The zero-order chi connectivity index (χ0) is 54.4. The topological polar surface area (TPSA) is 13.0 Å². The first-order valence-electron chi connectivity index (χ1n) is 27.5. The van der Waals surface area contributed by atoms with E-state index in [2.05, 4.69) is 351 Å². The van der Waals surface area contributed by atoms with E-state index in [1.54, 1.807) is 0 Å². The summed E-state index contributed by atoms with van der Waals surface area (Å²) in [5.74, 6) is 0. The SMILES string of the molecule is Cc1ccc(N(c2ccc(-c3ccc(N(c4ccccc4)c4ccc(-c5ccc(N(c6ccccc6)c6ccc(-c7ccc(N(c8cccc(C)c8)c8cccc(C)c8)cc7)cc6)cc5)cc4)cc3)cc2)c2cccc(C)c2)cc1. The predicted octanol–water partition coefficient (Wildman–Crippen LogP) is 21.8. The van der Waals surface area contributed by atoms with Gasteiger partial charge < -0.3 is 19.6 Å². The van der Waals surface area contributed by atoms with E-state index in [1.807, 2.05) is 0 Å². The number of benzene rings is 12. The average Bonchev–Trinajstić information content (AvgIpc) is 3.50. The summed E-state index contributed by atoms with van der Waals surface area (Å²) < 4.78 is 0. The second kappa shape index (κ2) is 22.8. The molecule has 0 N–H and O–H groups in total. The second-order valence-corrected chi connectivity index (χ2v) is 20.6. The van der Waals surface area contributed by atoms with E-state index >= 15 is 0 Å².